The molecule has 0 unspecified atom stereocenters. The SMILES string of the molecule is Cc1nn(C)c2nc(-c3ccco3)cc(C(=O)Nc3ccc4c(c3)CCC4)c12. The molecular weight excluding hydrogens is 352 g/mol. The second-order valence-corrected chi connectivity index (χ2v) is 7.23. The van der Waals surface area contributed by atoms with Crippen LogP contribution >= 0.6 is 0 Å². The molecule has 1 aliphatic rings. The number of nitrogens with zero attached hydrogens (tertiary/aromatic N) is 3. The Labute approximate surface area is 162 Å². The lowest BCUT2D eigenvalue weighted by molar-refractivity contribution is 0.102. The molecule has 4 aromatic rings. The van der Waals surface area contributed by atoms with Crippen molar-refractivity contribution in [3.8, 4) is 11.5 Å². The number of furan rings is 1. The van der Waals surface area contributed by atoms with Crippen LogP contribution in [0.2, 0.25) is 0 Å². The summed E-state index contributed by atoms with van der Waals surface area (Å²) in [5.74, 6) is 0.446. The quantitative estimate of drug-likeness (QED) is 0.583. The molecule has 3 heterocycles. The Kier molecular flexibility index (Phi) is 3.79. The van der Waals surface area contributed by atoms with Gasteiger partial charge in [0.05, 0.1) is 22.9 Å². The van der Waals surface area contributed by atoms with E-state index in [0.717, 1.165) is 29.6 Å². The Balaban J connectivity index is 1.59. The van der Waals surface area contributed by atoms with Crippen LogP contribution < -0.4 is 5.32 Å². The summed E-state index contributed by atoms with van der Waals surface area (Å²) in [6, 6.07) is 11.6. The molecule has 0 saturated heterocycles. The predicted octanol–water partition coefficient (Wildman–Crippen LogP) is 4.28. The molecule has 28 heavy (non-hydrogen) atoms. The number of carbonyl (C=O) groups excluding carboxylic acids is 1. The molecular formula is C22H20N4O2. The smallest absolute Gasteiger partial charge is 0.256 e. The normalized spacial score (nSPS) is 13.1. The molecule has 0 aliphatic heterocycles. The van der Waals surface area contributed by atoms with Gasteiger partial charge in [0.1, 0.15) is 5.69 Å². The zero-order chi connectivity index (χ0) is 19.3. The van der Waals surface area contributed by atoms with E-state index < -0.39 is 0 Å². The highest BCUT2D eigenvalue weighted by molar-refractivity contribution is 6.13. The van der Waals surface area contributed by atoms with Gasteiger partial charge in [0.15, 0.2) is 11.4 Å². The second kappa shape index (κ2) is 6.34. The van der Waals surface area contributed by atoms with Gasteiger partial charge in [-0.25, -0.2) is 4.98 Å². The van der Waals surface area contributed by atoms with Gasteiger partial charge in [0.2, 0.25) is 0 Å². The first-order valence-corrected chi connectivity index (χ1v) is 9.41. The molecule has 1 aliphatic carbocycles. The number of carbonyl (C=O) groups is 1. The van der Waals surface area contributed by atoms with E-state index in [1.54, 1.807) is 23.1 Å². The van der Waals surface area contributed by atoms with Crippen molar-refractivity contribution in [2.75, 3.05) is 5.32 Å². The zero-order valence-corrected chi connectivity index (χ0v) is 15.8. The molecule has 0 atom stereocenters. The summed E-state index contributed by atoms with van der Waals surface area (Å²) < 4.78 is 7.19. The first kappa shape index (κ1) is 16.7. The average Bonchev–Trinajstić information content (AvgIpc) is 3.42. The number of rotatable bonds is 3. The standard InChI is InChI=1S/C22H20N4O2/c1-13-20-17(22(27)23-16-9-8-14-5-3-6-15(14)11-16)12-18(19-7-4-10-28-19)24-21(20)26(2)25-13/h4,7-12H,3,5-6H2,1-2H3,(H,23,27). The van der Waals surface area contributed by atoms with Gasteiger partial charge in [0, 0.05) is 12.7 Å². The summed E-state index contributed by atoms with van der Waals surface area (Å²) in [7, 11) is 1.83. The first-order chi connectivity index (χ1) is 13.6. The minimum Gasteiger partial charge on any atom is -0.463 e. The maximum Gasteiger partial charge on any atom is 0.256 e. The highest BCUT2D eigenvalue weighted by atomic mass is 16.3. The average molecular weight is 372 g/mol. The van der Waals surface area contributed by atoms with Crippen LogP contribution in [0.4, 0.5) is 5.69 Å². The largest absolute Gasteiger partial charge is 0.463 e. The number of hydrogen-bond donors (Lipinski definition) is 1. The van der Waals surface area contributed by atoms with Crippen LogP contribution in [0.3, 0.4) is 0 Å². The van der Waals surface area contributed by atoms with Gasteiger partial charge in [-0.05, 0) is 67.6 Å². The molecule has 0 saturated carbocycles. The van der Waals surface area contributed by atoms with Gasteiger partial charge in [-0.1, -0.05) is 6.07 Å². The Morgan fingerprint density at radius 3 is 2.86 bits per heavy atom. The van der Waals surface area contributed by atoms with E-state index in [4.69, 9.17) is 4.42 Å². The summed E-state index contributed by atoms with van der Waals surface area (Å²) in [5, 5.41) is 8.27. The van der Waals surface area contributed by atoms with E-state index in [9.17, 15) is 4.79 Å². The van der Waals surface area contributed by atoms with Crippen molar-refractivity contribution < 1.29 is 9.21 Å². The number of amides is 1. The monoisotopic (exact) mass is 372 g/mol. The van der Waals surface area contributed by atoms with Crippen LogP contribution in [0, 0.1) is 6.92 Å². The molecule has 6 heteroatoms. The summed E-state index contributed by atoms with van der Waals surface area (Å²) in [4.78, 5) is 17.9. The summed E-state index contributed by atoms with van der Waals surface area (Å²) in [5.41, 5.74) is 6.11. The molecule has 3 aromatic heterocycles. The minimum absolute atomic E-state index is 0.172. The second-order valence-electron chi connectivity index (χ2n) is 7.23. The molecule has 1 amide bonds. The highest BCUT2D eigenvalue weighted by Crippen LogP contribution is 2.29. The van der Waals surface area contributed by atoms with Gasteiger partial charge in [0.25, 0.3) is 5.91 Å². The van der Waals surface area contributed by atoms with Crippen LogP contribution in [-0.2, 0) is 19.9 Å². The van der Waals surface area contributed by atoms with Crippen molar-refractivity contribution in [3.63, 3.8) is 0 Å². The van der Waals surface area contributed by atoms with Gasteiger partial charge in [-0.15, -0.1) is 0 Å². The van der Waals surface area contributed by atoms with Gasteiger partial charge < -0.3 is 9.73 Å². The third-order valence-electron chi connectivity index (χ3n) is 5.34. The maximum absolute atomic E-state index is 13.2. The molecule has 140 valence electrons. The number of anilines is 1. The number of pyridine rings is 1. The molecule has 5 rings (SSSR count). The van der Waals surface area contributed by atoms with Gasteiger partial charge in [-0.2, -0.15) is 5.10 Å². The minimum atomic E-state index is -0.172. The molecule has 0 bridgehead atoms. The lowest BCUT2D eigenvalue weighted by Crippen LogP contribution is -2.13. The molecule has 0 radical (unpaired) electrons. The highest BCUT2D eigenvalue weighted by Gasteiger charge is 2.20. The maximum atomic E-state index is 13.2. The van der Waals surface area contributed by atoms with Gasteiger partial charge in [-0.3, -0.25) is 9.48 Å². The third-order valence-corrected chi connectivity index (χ3v) is 5.34. The number of nitrogens with one attached hydrogen (secondary N) is 1. The lowest BCUT2D eigenvalue weighted by atomic mass is 10.1. The third kappa shape index (κ3) is 2.69. The van der Waals surface area contributed by atoms with Crippen molar-refractivity contribution in [2.24, 2.45) is 7.05 Å². The van der Waals surface area contributed by atoms with E-state index in [1.807, 2.05) is 26.1 Å². The predicted molar refractivity (Wildman–Crippen MR) is 107 cm³/mol. The van der Waals surface area contributed by atoms with E-state index in [2.05, 4.69) is 27.5 Å². The number of aromatic nitrogens is 3. The topological polar surface area (TPSA) is 73.0 Å². The van der Waals surface area contributed by atoms with Crippen LogP contribution in [0.1, 0.15) is 33.6 Å². The van der Waals surface area contributed by atoms with Crippen molar-refractivity contribution in [2.45, 2.75) is 26.2 Å². The molecule has 1 N–H and O–H groups in total. The van der Waals surface area contributed by atoms with Crippen LogP contribution in [0.15, 0.2) is 47.1 Å². The van der Waals surface area contributed by atoms with E-state index in [0.29, 0.717) is 22.7 Å². The number of aryl methyl sites for hydroxylation is 4. The lowest BCUT2D eigenvalue weighted by Gasteiger charge is -2.10. The summed E-state index contributed by atoms with van der Waals surface area (Å²) in [6.07, 6.45) is 4.97. The van der Waals surface area contributed by atoms with Crippen LogP contribution in [-0.4, -0.2) is 20.7 Å². The van der Waals surface area contributed by atoms with E-state index in [1.165, 1.54) is 17.5 Å². The number of benzene rings is 1. The Morgan fingerprint density at radius 1 is 1.18 bits per heavy atom. The molecule has 1 aromatic carbocycles. The molecule has 0 spiro atoms. The fourth-order valence-corrected chi connectivity index (χ4v) is 4.02. The van der Waals surface area contributed by atoms with Crippen molar-refractivity contribution in [1.82, 2.24) is 14.8 Å². The van der Waals surface area contributed by atoms with Gasteiger partial charge >= 0.3 is 0 Å². The molecule has 6 nitrogen and oxygen atoms in total. The Morgan fingerprint density at radius 2 is 2.04 bits per heavy atom. The fourth-order valence-electron chi connectivity index (χ4n) is 4.02. The van der Waals surface area contributed by atoms with E-state index in [-0.39, 0.29) is 5.91 Å². The number of hydrogen-bond acceptors (Lipinski definition) is 4. The summed E-state index contributed by atoms with van der Waals surface area (Å²) >= 11 is 0. The first-order valence-electron chi connectivity index (χ1n) is 9.41. The van der Waals surface area contributed by atoms with Crippen molar-refractivity contribution >= 4 is 22.6 Å². The zero-order valence-electron chi connectivity index (χ0n) is 15.8. The Bertz CT molecular complexity index is 1210. The Hall–Kier alpha value is -3.41. The van der Waals surface area contributed by atoms with Crippen LogP contribution in [0.25, 0.3) is 22.5 Å². The number of fused-ring (bicyclic) bond motifs is 2. The fraction of sp³-hybridized carbons (Fsp3) is 0.227. The van der Waals surface area contributed by atoms with Crippen LogP contribution in [0.5, 0.6) is 0 Å². The van der Waals surface area contributed by atoms with Crippen molar-refractivity contribution in [1.29, 1.82) is 0 Å². The van der Waals surface area contributed by atoms with Crippen molar-refractivity contribution in [3.05, 3.63) is 65.0 Å². The summed E-state index contributed by atoms with van der Waals surface area (Å²) in [6.45, 7) is 1.89. The van der Waals surface area contributed by atoms with E-state index >= 15 is 0 Å². The molecule has 0 fully saturated rings.